The topological polar surface area (TPSA) is 71.3 Å². The molecule has 0 aliphatic carbocycles. The van der Waals surface area contributed by atoms with Crippen molar-refractivity contribution >= 4 is 34.5 Å². The molecule has 1 amide bonds. The van der Waals surface area contributed by atoms with E-state index >= 15 is 0 Å². The number of amides is 1. The Balaban J connectivity index is 1.75. The molecule has 1 aliphatic rings. The summed E-state index contributed by atoms with van der Waals surface area (Å²) in [6.07, 6.45) is 2.81. The summed E-state index contributed by atoms with van der Waals surface area (Å²) in [5.41, 5.74) is -0.133. The van der Waals surface area contributed by atoms with Crippen LogP contribution in [0.25, 0.3) is 10.9 Å². The lowest BCUT2D eigenvalue weighted by molar-refractivity contribution is -0.148. The predicted octanol–water partition coefficient (Wildman–Crippen LogP) is 2.11. The number of aromatic nitrogens is 1. The van der Waals surface area contributed by atoms with E-state index in [0.717, 1.165) is 22.4 Å². The molecule has 5 nitrogen and oxygen atoms in total. The fourth-order valence-corrected chi connectivity index (χ4v) is 4.04. The molecule has 1 aromatic heterocycles. The molecule has 2 N–H and O–H groups in total. The van der Waals surface area contributed by atoms with Crippen molar-refractivity contribution in [1.29, 1.82) is 0 Å². The van der Waals surface area contributed by atoms with Crippen molar-refractivity contribution < 1.29 is 14.7 Å². The molecule has 1 aliphatic heterocycles. The number of fused-ring (bicyclic) bond motifs is 1. The molecule has 0 unspecified atom stereocenters. The number of carboxylic acid groups (broad SMARTS) is 1. The maximum Gasteiger partial charge on any atom is 0.329 e. The highest BCUT2D eigenvalue weighted by molar-refractivity contribution is 7.99. The first-order chi connectivity index (χ1) is 10.6. The van der Waals surface area contributed by atoms with Gasteiger partial charge in [-0.15, -0.1) is 0 Å². The van der Waals surface area contributed by atoms with Crippen molar-refractivity contribution in [2.24, 2.45) is 0 Å². The number of aliphatic carboxylic acids is 1. The van der Waals surface area contributed by atoms with Crippen molar-refractivity contribution in [2.75, 3.05) is 11.5 Å². The Hall–Kier alpha value is -1.95. The Labute approximate surface area is 132 Å². The molecule has 6 heteroatoms. The van der Waals surface area contributed by atoms with E-state index in [1.165, 1.54) is 0 Å². The van der Waals surface area contributed by atoms with Gasteiger partial charge in [0, 0.05) is 11.7 Å². The monoisotopic (exact) mass is 318 g/mol. The van der Waals surface area contributed by atoms with E-state index in [1.807, 2.05) is 41.1 Å². The van der Waals surface area contributed by atoms with E-state index in [4.69, 9.17) is 0 Å². The summed E-state index contributed by atoms with van der Waals surface area (Å²) in [7, 11) is 0. The van der Waals surface area contributed by atoms with Gasteiger partial charge < -0.3 is 15.0 Å². The minimum absolute atomic E-state index is 0.135. The van der Waals surface area contributed by atoms with E-state index in [9.17, 15) is 14.7 Å². The average Bonchev–Trinajstić information content (AvgIpc) is 2.91. The highest BCUT2D eigenvalue weighted by Gasteiger charge is 2.41. The Morgan fingerprint density at radius 2 is 1.95 bits per heavy atom. The SMILES string of the molecule is O=C(Cn1ccc2ccccc21)NC1(C(=O)O)CCSCC1. The number of nitrogens with one attached hydrogen (secondary N) is 1. The number of nitrogens with zero attached hydrogens (tertiary/aromatic N) is 1. The summed E-state index contributed by atoms with van der Waals surface area (Å²) in [4.78, 5) is 23.9. The van der Waals surface area contributed by atoms with Crippen molar-refractivity contribution in [3.05, 3.63) is 36.5 Å². The van der Waals surface area contributed by atoms with Gasteiger partial charge in [0.05, 0.1) is 0 Å². The largest absolute Gasteiger partial charge is 0.480 e. The highest BCUT2D eigenvalue weighted by Crippen LogP contribution is 2.27. The third-order valence-electron chi connectivity index (χ3n) is 4.13. The fourth-order valence-electron chi connectivity index (χ4n) is 2.85. The van der Waals surface area contributed by atoms with Gasteiger partial charge in [0.2, 0.25) is 5.91 Å². The van der Waals surface area contributed by atoms with Crippen LogP contribution in [0.5, 0.6) is 0 Å². The first kappa shape index (κ1) is 15.0. The molecule has 2 aromatic rings. The van der Waals surface area contributed by atoms with Crippen LogP contribution in [0.2, 0.25) is 0 Å². The van der Waals surface area contributed by atoms with Crippen LogP contribution in [-0.2, 0) is 16.1 Å². The van der Waals surface area contributed by atoms with Crippen LogP contribution in [0, 0.1) is 0 Å². The zero-order chi connectivity index (χ0) is 15.6. The van der Waals surface area contributed by atoms with E-state index in [2.05, 4.69) is 5.32 Å². The maximum atomic E-state index is 12.3. The minimum Gasteiger partial charge on any atom is -0.480 e. The molecular weight excluding hydrogens is 300 g/mol. The molecule has 0 saturated carbocycles. The van der Waals surface area contributed by atoms with Crippen molar-refractivity contribution in [1.82, 2.24) is 9.88 Å². The van der Waals surface area contributed by atoms with Crippen LogP contribution >= 0.6 is 11.8 Å². The van der Waals surface area contributed by atoms with E-state index in [-0.39, 0.29) is 12.5 Å². The predicted molar refractivity (Wildman–Crippen MR) is 87.0 cm³/mol. The second-order valence-corrected chi connectivity index (χ2v) is 6.78. The number of rotatable bonds is 4. The number of para-hydroxylation sites is 1. The quantitative estimate of drug-likeness (QED) is 0.906. The zero-order valence-electron chi connectivity index (χ0n) is 12.1. The number of hydrogen-bond acceptors (Lipinski definition) is 3. The Morgan fingerprint density at radius 3 is 2.68 bits per heavy atom. The Morgan fingerprint density at radius 1 is 1.23 bits per heavy atom. The number of benzene rings is 1. The Bertz CT molecular complexity index is 704. The van der Waals surface area contributed by atoms with Gasteiger partial charge in [0.25, 0.3) is 0 Å². The number of carbonyl (C=O) groups is 2. The maximum absolute atomic E-state index is 12.3. The summed E-state index contributed by atoms with van der Waals surface area (Å²) in [6.45, 7) is 0.135. The van der Waals surface area contributed by atoms with Crippen LogP contribution < -0.4 is 5.32 Å². The lowest BCUT2D eigenvalue weighted by Gasteiger charge is -2.33. The molecule has 1 fully saturated rings. The summed E-state index contributed by atoms with van der Waals surface area (Å²) in [5.74, 6) is 0.340. The van der Waals surface area contributed by atoms with Gasteiger partial charge in [-0.3, -0.25) is 4.79 Å². The van der Waals surface area contributed by atoms with Crippen molar-refractivity contribution in [3.63, 3.8) is 0 Å². The molecule has 1 saturated heterocycles. The first-order valence-corrected chi connectivity index (χ1v) is 8.42. The number of thioether (sulfide) groups is 1. The average molecular weight is 318 g/mol. The molecule has 0 atom stereocenters. The van der Waals surface area contributed by atoms with E-state index in [0.29, 0.717) is 12.8 Å². The lowest BCUT2D eigenvalue weighted by atomic mass is 9.92. The van der Waals surface area contributed by atoms with Gasteiger partial charge in [0.15, 0.2) is 0 Å². The van der Waals surface area contributed by atoms with Gasteiger partial charge in [-0.25, -0.2) is 4.79 Å². The summed E-state index contributed by atoms with van der Waals surface area (Å²) >= 11 is 1.73. The van der Waals surface area contributed by atoms with Crippen LogP contribution in [0.15, 0.2) is 36.5 Å². The number of carbonyl (C=O) groups excluding carboxylic acids is 1. The second kappa shape index (κ2) is 6.04. The van der Waals surface area contributed by atoms with Crippen molar-refractivity contribution in [3.8, 4) is 0 Å². The third kappa shape index (κ3) is 2.83. The van der Waals surface area contributed by atoms with Gasteiger partial charge in [-0.2, -0.15) is 11.8 Å². The molecular formula is C16H18N2O3S. The first-order valence-electron chi connectivity index (χ1n) is 7.27. The summed E-state index contributed by atoms with van der Waals surface area (Å²) in [6, 6.07) is 9.76. The highest BCUT2D eigenvalue weighted by atomic mass is 32.2. The van der Waals surface area contributed by atoms with Gasteiger partial charge in [-0.05, 0) is 41.9 Å². The summed E-state index contributed by atoms with van der Waals surface area (Å²) < 4.78 is 1.85. The fraction of sp³-hybridized carbons (Fsp3) is 0.375. The molecule has 116 valence electrons. The van der Waals surface area contributed by atoms with Crippen LogP contribution in [-0.4, -0.2) is 38.6 Å². The van der Waals surface area contributed by atoms with Gasteiger partial charge in [0.1, 0.15) is 12.1 Å². The van der Waals surface area contributed by atoms with Crippen LogP contribution in [0.1, 0.15) is 12.8 Å². The number of hydrogen-bond donors (Lipinski definition) is 2. The molecule has 0 spiro atoms. The molecule has 3 rings (SSSR count). The molecule has 2 heterocycles. The molecule has 22 heavy (non-hydrogen) atoms. The lowest BCUT2D eigenvalue weighted by Crippen LogP contribution is -2.57. The van der Waals surface area contributed by atoms with Gasteiger partial charge in [-0.1, -0.05) is 18.2 Å². The van der Waals surface area contributed by atoms with Crippen LogP contribution in [0.3, 0.4) is 0 Å². The summed E-state index contributed by atoms with van der Waals surface area (Å²) in [5, 5.41) is 13.3. The number of carboxylic acids is 1. The van der Waals surface area contributed by atoms with Crippen molar-refractivity contribution in [2.45, 2.75) is 24.9 Å². The smallest absolute Gasteiger partial charge is 0.329 e. The normalized spacial score (nSPS) is 17.3. The zero-order valence-corrected chi connectivity index (χ0v) is 12.9. The molecule has 0 bridgehead atoms. The van der Waals surface area contributed by atoms with E-state index < -0.39 is 11.5 Å². The third-order valence-corrected chi connectivity index (χ3v) is 5.11. The van der Waals surface area contributed by atoms with Crippen LogP contribution in [0.4, 0.5) is 0 Å². The Kier molecular flexibility index (Phi) is 4.11. The molecule has 1 aromatic carbocycles. The standard InChI is InChI=1S/C16H18N2O3S/c19-14(17-16(15(20)21)6-9-22-10-7-16)11-18-8-5-12-3-1-2-4-13(12)18/h1-5,8H,6-7,9-11H2,(H,17,19)(H,20,21). The van der Waals surface area contributed by atoms with E-state index in [1.54, 1.807) is 11.8 Å². The van der Waals surface area contributed by atoms with Gasteiger partial charge >= 0.3 is 5.97 Å². The molecule has 0 radical (unpaired) electrons. The second-order valence-electron chi connectivity index (χ2n) is 5.55. The minimum atomic E-state index is -1.11.